The Hall–Kier alpha value is -2.02. The molecule has 0 radical (unpaired) electrons. The van der Waals surface area contributed by atoms with Gasteiger partial charge in [-0.05, 0) is 31.0 Å². The summed E-state index contributed by atoms with van der Waals surface area (Å²) in [6.45, 7) is 1.97. The van der Waals surface area contributed by atoms with Crippen molar-refractivity contribution < 1.29 is 18.8 Å². The highest BCUT2D eigenvalue weighted by Gasteiger charge is 2.21. The van der Waals surface area contributed by atoms with Crippen molar-refractivity contribution in [1.82, 2.24) is 4.72 Å². The fourth-order valence-electron chi connectivity index (χ4n) is 2.43. The Morgan fingerprint density at radius 1 is 1.16 bits per heavy atom. The molecular weight excluding hydrogens is 338 g/mol. The van der Waals surface area contributed by atoms with Gasteiger partial charge in [-0.25, -0.2) is 8.93 Å². The Morgan fingerprint density at radius 3 is 2.40 bits per heavy atom. The van der Waals surface area contributed by atoms with Gasteiger partial charge < -0.3 is 9.84 Å². The molecule has 134 valence electrons. The van der Waals surface area contributed by atoms with Gasteiger partial charge in [0.1, 0.15) is 11.0 Å². The first-order valence-electron chi connectivity index (χ1n) is 8.04. The fraction of sp³-hybridized carbons (Fsp3) is 0.316. The number of rotatable bonds is 8. The number of aliphatic hydroxyl groups is 1. The molecular formula is C19H23NO4S. The average Bonchev–Trinajstić information content (AvgIpc) is 2.62. The molecule has 0 fully saturated rings. The predicted molar refractivity (Wildman–Crippen MR) is 97.2 cm³/mol. The second-order valence-corrected chi connectivity index (χ2v) is 7.08. The van der Waals surface area contributed by atoms with Crippen molar-refractivity contribution >= 4 is 17.0 Å². The predicted octanol–water partition coefficient (Wildman–Crippen LogP) is 2.66. The summed E-state index contributed by atoms with van der Waals surface area (Å²) in [5.41, 5.74) is 1.99. The van der Waals surface area contributed by atoms with Gasteiger partial charge in [-0.2, -0.15) is 0 Å². The first-order valence-corrected chi connectivity index (χ1v) is 9.19. The van der Waals surface area contributed by atoms with Crippen LogP contribution in [-0.2, 0) is 20.5 Å². The average molecular weight is 361 g/mol. The van der Waals surface area contributed by atoms with Crippen molar-refractivity contribution in [2.75, 3.05) is 7.11 Å². The Balaban J connectivity index is 2.13. The van der Waals surface area contributed by atoms with Crippen LogP contribution in [0, 0.1) is 6.92 Å². The summed E-state index contributed by atoms with van der Waals surface area (Å²) in [6, 6.07) is 16.5. The summed E-state index contributed by atoms with van der Waals surface area (Å²) < 4.78 is 20.3. The summed E-state index contributed by atoms with van der Waals surface area (Å²) in [5, 5.41) is 10.2. The quantitative estimate of drug-likeness (QED) is 0.709. The Morgan fingerprint density at radius 2 is 1.80 bits per heavy atom. The molecule has 0 aromatic heterocycles. The lowest BCUT2D eigenvalue weighted by Crippen LogP contribution is -2.28. The molecule has 0 bridgehead atoms. The number of esters is 1. The van der Waals surface area contributed by atoms with Gasteiger partial charge in [0.05, 0.1) is 24.5 Å². The third-order valence-corrected chi connectivity index (χ3v) is 5.02. The number of methoxy groups -OCH3 is 1. The van der Waals surface area contributed by atoms with Crippen molar-refractivity contribution in [3.8, 4) is 0 Å². The van der Waals surface area contributed by atoms with Gasteiger partial charge in [0.15, 0.2) is 0 Å². The van der Waals surface area contributed by atoms with Crippen LogP contribution >= 0.6 is 0 Å². The monoisotopic (exact) mass is 361 g/mol. The molecule has 6 heteroatoms. The van der Waals surface area contributed by atoms with E-state index in [1.807, 2.05) is 61.5 Å². The number of hydrogen-bond acceptors (Lipinski definition) is 4. The lowest BCUT2D eigenvalue weighted by Gasteiger charge is -2.21. The number of aryl methyl sites for hydroxylation is 1. The third kappa shape index (κ3) is 6.08. The standard InChI is InChI=1S/C19H23NO4S/c1-14-8-10-17(11-9-14)25(23)20-18(15-6-4-3-5-7-15)12-16(21)13-19(22)24-2/h3-11,16,18,20-21H,12-13H2,1-2H3/t16-,18+,25-/m0/s1. The van der Waals surface area contributed by atoms with Crippen LogP contribution in [0.4, 0.5) is 0 Å². The van der Waals surface area contributed by atoms with E-state index in [-0.39, 0.29) is 18.9 Å². The van der Waals surface area contributed by atoms with E-state index in [0.717, 1.165) is 11.1 Å². The van der Waals surface area contributed by atoms with Crippen LogP contribution in [0.1, 0.15) is 30.0 Å². The molecule has 0 aliphatic rings. The van der Waals surface area contributed by atoms with Crippen LogP contribution in [0.5, 0.6) is 0 Å². The van der Waals surface area contributed by atoms with Crippen molar-refractivity contribution in [3.05, 3.63) is 65.7 Å². The summed E-state index contributed by atoms with van der Waals surface area (Å²) in [4.78, 5) is 12.0. The van der Waals surface area contributed by atoms with E-state index in [2.05, 4.69) is 9.46 Å². The molecule has 25 heavy (non-hydrogen) atoms. The van der Waals surface area contributed by atoms with Gasteiger partial charge in [-0.1, -0.05) is 48.0 Å². The first kappa shape index (κ1) is 19.3. The van der Waals surface area contributed by atoms with Crippen molar-refractivity contribution in [2.45, 2.75) is 36.8 Å². The maximum absolute atomic E-state index is 12.6. The minimum absolute atomic E-state index is 0.0985. The molecule has 0 unspecified atom stereocenters. The Bertz CT molecular complexity index is 703. The van der Waals surface area contributed by atoms with Gasteiger partial charge in [0.25, 0.3) is 0 Å². The highest BCUT2D eigenvalue weighted by atomic mass is 32.2. The smallest absolute Gasteiger partial charge is 0.308 e. The molecule has 0 aliphatic carbocycles. The second kappa shape index (κ2) is 9.46. The summed E-state index contributed by atoms with van der Waals surface area (Å²) in [5.74, 6) is -0.473. The number of hydrogen-bond donors (Lipinski definition) is 2. The Kier molecular flexibility index (Phi) is 7.31. The van der Waals surface area contributed by atoms with E-state index in [1.165, 1.54) is 7.11 Å². The molecule has 2 aromatic carbocycles. The lowest BCUT2D eigenvalue weighted by atomic mass is 10.0. The topological polar surface area (TPSA) is 75.6 Å². The van der Waals surface area contributed by atoms with Crippen LogP contribution in [0.2, 0.25) is 0 Å². The lowest BCUT2D eigenvalue weighted by molar-refractivity contribution is -0.142. The van der Waals surface area contributed by atoms with Crippen LogP contribution in [-0.4, -0.2) is 28.5 Å². The van der Waals surface area contributed by atoms with Crippen molar-refractivity contribution in [3.63, 3.8) is 0 Å². The summed E-state index contributed by atoms with van der Waals surface area (Å²) in [7, 11) is -0.144. The van der Waals surface area contributed by atoms with Crippen LogP contribution in [0.25, 0.3) is 0 Å². The minimum atomic E-state index is -1.43. The van der Waals surface area contributed by atoms with E-state index >= 15 is 0 Å². The zero-order chi connectivity index (χ0) is 18.2. The maximum atomic E-state index is 12.6. The van der Waals surface area contributed by atoms with E-state index in [9.17, 15) is 14.1 Å². The van der Waals surface area contributed by atoms with E-state index in [1.54, 1.807) is 0 Å². The fourth-order valence-corrected chi connectivity index (χ4v) is 3.44. The number of nitrogens with one attached hydrogen (secondary N) is 1. The molecule has 0 saturated heterocycles. The minimum Gasteiger partial charge on any atom is -0.469 e. The van der Waals surface area contributed by atoms with Gasteiger partial charge >= 0.3 is 5.97 Å². The second-order valence-electron chi connectivity index (χ2n) is 5.83. The molecule has 0 saturated carbocycles. The maximum Gasteiger partial charge on any atom is 0.308 e. The normalized spacial score (nSPS) is 14.5. The van der Waals surface area contributed by atoms with Crippen LogP contribution < -0.4 is 4.72 Å². The van der Waals surface area contributed by atoms with Crippen LogP contribution in [0.3, 0.4) is 0 Å². The van der Waals surface area contributed by atoms with E-state index in [0.29, 0.717) is 4.90 Å². The number of aliphatic hydroxyl groups excluding tert-OH is 1. The van der Waals surface area contributed by atoms with E-state index < -0.39 is 23.1 Å². The third-order valence-electron chi connectivity index (χ3n) is 3.82. The van der Waals surface area contributed by atoms with Gasteiger partial charge in [-0.15, -0.1) is 0 Å². The zero-order valence-electron chi connectivity index (χ0n) is 14.3. The molecule has 2 N–H and O–H groups in total. The molecule has 2 aromatic rings. The molecule has 0 spiro atoms. The summed E-state index contributed by atoms with van der Waals surface area (Å²) in [6.07, 6.45) is -0.741. The summed E-state index contributed by atoms with van der Waals surface area (Å²) >= 11 is 0. The molecule has 2 rings (SSSR count). The first-order chi connectivity index (χ1) is 12.0. The van der Waals surface area contributed by atoms with Crippen LogP contribution in [0.15, 0.2) is 59.5 Å². The Labute approximate surface area is 150 Å². The van der Waals surface area contributed by atoms with Crippen molar-refractivity contribution in [1.29, 1.82) is 0 Å². The van der Waals surface area contributed by atoms with Gasteiger partial charge in [0, 0.05) is 6.04 Å². The number of ether oxygens (including phenoxy) is 1. The number of carbonyl (C=O) groups is 1. The van der Waals surface area contributed by atoms with Gasteiger partial charge in [0.2, 0.25) is 0 Å². The van der Waals surface area contributed by atoms with Gasteiger partial charge in [-0.3, -0.25) is 4.79 Å². The zero-order valence-corrected chi connectivity index (χ0v) is 15.2. The number of carbonyl (C=O) groups excluding carboxylic acids is 1. The SMILES string of the molecule is COC(=O)C[C@@H](O)C[C@@H](N[S@@](=O)c1ccc(C)cc1)c1ccccc1. The van der Waals surface area contributed by atoms with E-state index in [4.69, 9.17) is 0 Å². The molecule has 5 nitrogen and oxygen atoms in total. The highest BCUT2D eigenvalue weighted by Crippen LogP contribution is 2.22. The molecule has 0 amide bonds. The highest BCUT2D eigenvalue weighted by molar-refractivity contribution is 7.83. The molecule has 3 atom stereocenters. The van der Waals surface area contributed by atoms with Crippen molar-refractivity contribution in [2.24, 2.45) is 0 Å². The molecule has 0 heterocycles. The molecule has 0 aliphatic heterocycles. The largest absolute Gasteiger partial charge is 0.469 e. The number of benzene rings is 2.